The Labute approximate surface area is 165 Å². The Balaban J connectivity index is 1.60. The molecule has 1 N–H and O–H groups in total. The van der Waals surface area contributed by atoms with Gasteiger partial charge in [-0.15, -0.1) is 0 Å². The molecule has 146 valence electrons. The normalized spacial score (nSPS) is 17.1. The number of hydrogen-bond donors (Lipinski definition) is 1. The second-order valence-corrected chi connectivity index (χ2v) is 7.27. The van der Waals surface area contributed by atoms with Crippen LogP contribution in [0.3, 0.4) is 0 Å². The molecular weight excluding hydrogens is 352 g/mol. The number of H-pyrrole nitrogens is 1. The van der Waals surface area contributed by atoms with Crippen molar-refractivity contribution in [2.24, 2.45) is 0 Å². The average Bonchev–Trinajstić information content (AvgIpc) is 3.10. The van der Waals surface area contributed by atoms with Crippen molar-refractivity contribution in [3.05, 3.63) is 54.1 Å². The summed E-state index contributed by atoms with van der Waals surface area (Å²) >= 11 is 0. The number of aromatic amines is 1. The first-order valence-electron chi connectivity index (χ1n) is 9.79. The zero-order chi connectivity index (χ0) is 19.5. The third-order valence-corrected chi connectivity index (χ3v) is 5.37. The molecule has 3 aromatic rings. The number of benzene rings is 2. The van der Waals surface area contributed by atoms with Gasteiger partial charge in [-0.05, 0) is 54.8 Å². The minimum absolute atomic E-state index is 0.112. The summed E-state index contributed by atoms with van der Waals surface area (Å²) < 4.78 is 10.8. The molecule has 4 rings (SSSR count). The van der Waals surface area contributed by atoms with Gasteiger partial charge in [-0.2, -0.15) is 0 Å². The predicted molar refractivity (Wildman–Crippen MR) is 111 cm³/mol. The Hall–Kier alpha value is -2.79. The fourth-order valence-corrected chi connectivity index (χ4v) is 3.90. The molecule has 5 heteroatoms. The summed E-state index contributed by atoms with van der Waals surface area (Å²) in [6.07, 6.45) is 1.31. The van der Waals surface area contributed by atoms with Gasteiger partial charge in [0, 0.05) is 36.1 Å². The Morgan fingerprint density at radius 2 is 2.00 bits per heavy atom. The van der Waals surface area contributed by atoms with Crippen LogP contribution in [0.15, 0.2) is 48.5 Å². The molecule has 1 aromatic heterocycles. The lowest BCUT2D eigenvalue weighted by atomic mass is 10.0. The van der Waals surface area contributed by atoms with E-state index in [0.29, 0.717) is 32.5 Å². The van der Waals surface area contributed by atoms with Gasteiger partial charge in [-0.1, -0.05) is 18.2 Å². The zero-order valence-electron chi connectivity index (χ0n) is 16.4. The molecule has 2 heterocycles. The van der Waals surface area contributed by atoms with Gasteiger partial charge in [0.25, 0.3) is 0 Å². The van der Waals surface area contributed by atoms with Crippen molar-refractivity contribution in [1.29, 1.82) is 0 Å². The number of amides is 1. The van der Waals surface area contributed by atoms with E-state index < -0.39 is 0 Å². The number of methoxy groups -OCH3 is 1. The summed E-state index contributed by atoms with van der Waals surface area (Å²) in [6.45, 7) is 4.00. The molecule has 1 amide bonds. The summed E-state index contributed by atoms with van der Waals surface area (Å²) in [5, 5.41) is 1.18. The first-order chi connectivity index (χ1) is 13.7. The molecule has 0 radical (unpaired) electrons. The molecule has 28 heavy (non-hydrogen) atoms. The second kappa shape index (κ2) is 8.07. The van der Waals surface area contributed by atoms with Crippen LogP contribution in [0.25, 0.3) is 22.2 Å². The lowest BCUT2D eigenvalue weighted by molar-refractivity contribution is -0.138. The zero-order valence-corrected chi connectivity index (χ0v) is 16.4. The van der Waals surface area contributed by atoms with Gasteiger partial charge < -0.3 is 19.4 Å². The predicted octanol–water partition coefficient (Wildman–Crippen LogP) is 4.02. The first kappa shape index (κ1) is 18.6. The third-order valence-electron chi connectivity index (χ3n) is 5.37. The van der Waals surface area contributed by atoms with Crippen LogP contribution < -0.4 is 4.74 Å². The topological polar surface area (TPSA) is 54.6 Å². The van der Waals surface area contributed by atoms with E-state index in [1.807, 2.05) is 36.1 Å². The van der Waals surface area contributed by atoms with Gasteiger partial charge in [-0.3, -0.25) is 4.79 Å². The lowest BCUT2D eigenvalue weighted by Crippen LogP contribution is -2.44. The molecule has 0 aliphatic carbocycles. The summed E-state index contributed by atoms with van der Waals surface area (Å²) in [6, 6.07) is 16.3. The number of para-hydroxylation sites is 1. The second-order valence-electron chi connectivity index (χ2n) is 7.27. The number of nitrogens with zero attached hydrogens (tertiary/aromatic N) is 1. The highest BCUT2D eigenvalue weighted by Gasteiger charge is 2.22. The minimum atomic E-state index is 0.112. The van der Waals surface area contributed by atoms with E-state index in [2.05, 4.69) is 29.2 Å². The summed E-state index contributed by atoms with van der Waals surface area (Å²) in [5.41, 5.74) is 4.46. The van der Waals surface area contributed by atoms with Gasteiger partial charge in [0.05, 0.1) is 19.8 Å². The maximum atomic E-state index is 12.7. The molecule has 0 unspecified atom stereocenters. The fourth-order valence-electron chi connectivity index (χ4n) is 3.90. The number of fused-ring (bicyclic) bond motifs is 1. The monoisotopic (exact) mass is 378 g/mol. The number of nitrogens with one attached hydrogen (secondary N) is 1. The van der Waals surface area contributed by atoms with Gasteiger partial charge in [0.1, 0.15) is 5.75 Å². The molecule has 1 aliphatic heterocycles. The Kier molecular flexibility index (Phi) is 5.35. The van der Waals surface area contributed by atoms with Crippen LogP contribution in [-0.4, -0.2) is 48.7 Å². The van der Waals surface area contributed by atoms with E-state index in [9.17, 15) is 4.79 Å². The molecule has 0 bridgehead atoms. The summed E-state index contributed by atoms with van der Waals surface area (Å²) in [5.74, 6) is 1.03. The number of rotatable bonds is 5. The van der Waals surface area contributed by atoms with Crippen molar-refractivity contribution >= 4 is 16.8 Å². The number of hydrogen-bond acceptors (Lipinski definition) is 3. The molecule has 0 spiro atoms. The Morgan fingerprint density at radius 1 is 1.21 bits per heavy atom. The van der Waals surface area contributed by atoms with Crippen LogP contribution >= 0.6 is 0 Å². The molecule has 1 aliphatic rings. The van der Waals surface area contributed by atoms with E-state index in [1.54, 1.807) is 7.11 Å². The van der Waals surface area contributed by atoms with Gasteiger partial charge in [-0.25, -0.2) is 0 Å². The van der Waals surface area contributed by atoms with E-state index >= 15 is 0 Å². The standard InChI is InChI=1S/C23H26N2O3/c1-16-15-25(13-14-28-16)22(26)12-11-20-19-5-3-4-6-21(19)24-23(20)17-7-9-18(27-2)10-8-17/h3-10,16,24H,11-15H2,1-2H3/t16-/m1/s1. The van der Waals surface area contributed by atoms with Crippen molar-refractivity contribution in [3.8, 4) is 17.0 Å². The van der Waals surface area contributed by atoms with Crippen molar-refractivity contribution in [2.45, 2.75) is 25.9 Å². The fraction of sp³-hybridized carbons (Fsp3) is 0.348. The summed E-state index contributed by atoms with van der Waals surface area (Å²) in [7, 11) is 1.67. The van der Waals surface area contributed by atoms with Crippen LogP contribution in [0.5, 0.6) is 5.75 Å². The highest BCUT2D eigenvalue weighted by atomic mass is 16.5. The van der Waals surface area contributed by atoms with E-state index in [0.717, 1.165) is 22.5 Å². The number of carbonyl (C=O) groups excluding carboxylic acids is 1. The molecule has 2 aromatic carbocycles. The van der Waals surface area contributed by atoms with E-state index in [-0.39, 0.29) is 12.0 Å². The Bertz CT molecular complexity index is 962. The van der Waals surface area contributed by atoms with Crippen LogP contribution in [0.4, 0.5) is 0 Å². The highest BCUT2D eigenvalue weighted by Crippen LogP contribution is 2.32. The van der Waals surface area contributed by atoms with Crippen LogP contribution in [0.1, 0.15) is 18.9 Å². The number of ether oxygens (including phenoxy) is 2. The molecule has 0 saturated carbocycles. The highest BCUT2D eigenvalue weighted by molar-refractivity contribution is 5.91. The van der Waals surface area contributed by atoms with Crippen LogP contribution in [-0.2, 0) is 16.0 Å². The van der Waals surface area contributed by atoms with E-state index in [4.69, 9.17) is 9.47 Å². The molecule has 1 atom stereocenters. The summed E-state index contributed by atoms with van der Waals surface area (Å²) in [4.78, 5) is 18.2. The maximum absolute atomic E-state index is 12.7. The Morgan fingerprint density at radius 3 is 2.75 bits per heavy atom. The number of carbonyl (C=O) groups is 1. The first-order valence-corrected chi connectivity index (χ1v) is 9.79. The molecule has 1 fully saturated rings. The number of aryl methyl sites for hydroxylation is 1. The quantitative estimate of drug-likeness (QED) is 0.729. The van der Waals surface area contributed by atoms with Crippen molar-refractivity contribution in [2.75, 3.05) is 26.8 Å². The van der Waals surface area contributed by atoms with Gasteiger partial charge >= 0.3 is 0 Å². The SMILES string of the molecule is COc1ccc(-c2[nH]c3ccccc3c2CCC(=O)N2CCO[C@H](C)C2)cc1. The minimum Gasteiger partial charge on any atom is -0.497 e. The molecular formula is C23H26N2O3. The van der Waals surface area contributed by atoms with E-state index in [1.165, 1.54) is 10.9 Å². The maximum Gasteiger partial charge on any atom is 0.223 e. The molecule has 5 nitrogen and oxygen atoms in total. The largest absolute Gasteiger partial charge is 0.497 e. The lowest BCUT2D eigenvalue weighted by Gasteiger charge is -2.31. The third kappa shape index (κ3) is 3.76. The van der Waals surface area contributed by atoms with Crippen molar-refractivity contribution in [3.63, 3.8) is 0 Å². The number of morpholine rings is 1. The van der Waals surface area contributed by atoms with Crippen molar-refractivity contribution in [1.82, 2.24) is 9.88 Å². The van der Waals surface area contributed by atoms with Crippen LogP contribution in [0.2, 0.25) is 0 Å². The smallest absolute Gasteiger partial charge is 0.223 e. The van der Waals surface area contributed by atoms with Gasteiger partial charge in [0.15, 0.2) is 0 Å². The molecule has 1 saturated heterocycles. The van der Waals surface area contributed by atoms with Crippen molar-refractivity contribution < 1.29 is 14.3 Å². The van der Waals surface area contributed by atoms with Gasteiger partial charge in [0.2, 0.25) is 5.91 Å². The average molecular weight is 378 g/mol. The number of aromatic nitrogens is 1. The van der Waals surface area contributed by atoms with Crippen LogP contribution in [0, 0.1) is 0 Å².